The van der Waals surface area contributed by atoms with Crippen LogP contribution in [0.5, 0.6) is 5.88 Å². The van der Waals surface area contributed by atoms with Crippen LogP contribution in [0.1, 0.15) is 36.3 Å². The molecular weight excluding hydrogens is 376 g/mol. The number of ketones is 1. The van der Waals surface area contributed by atoms with E-state index in [1.165, 1.54) is 0 Å². The number of hydrogen-bond acceptors (Lipinski definition) is 4. The van der Waals surface area contributed by atoms with Gasteiger partial charge in [0.15, 0.2) is 5.78 Å². The van der Waals surface area contributed by atoms with Crippen LogP contribution in [-0.4, -0.2) is 15.8 Å². The Labute approximate surface area is 144 Å². The van der Waals surface area contributed by atoms with Crippen LogP contribution in [0.15, 0.2) is 49.7 Å². The highest BCUT2D eigenvalue weighted by Crippen LogP contribution is 2.43. The Balaban J connectivity index is 2.01. The number of aromatic amines is 2. The van der Waals surface area contributed by atoms with E-state index in [9.17, 15) is 14.4 Å². The van der Waals surface area contributed by atoms with Crippen molar-refractivity contribution in [2.24, 2.45) is 0 Å². The molecule has 1 atom stereocenters. The molecule has 0 spiro atoms. The van der Waals surface area contributed by atoms with E-state index < -0.39 is 17.2 Å². The lowest BCUT2D eigenvalue weighted by Crippen LogP contribution is -2.34. The van der Waals surface area contributed by atoms with Crippen LogP contribution in [0, 0.1) is 0 Å². The summed E-state index contributed by atoms with van der Waals surface area (Å²) in [4.78, 5) is 41.3. The van der Waals surface area contributed by atoms with Gasteiger partial charge in [-0.25, -0.2) is 4.79 Å². The molecule has 1 aromatic heterocycles. The quantitative estimate of drug-likeness (QED) is 0.784. The Bertz CT molecular complexity index is 985. The predicted octanol–water partition coefficient (Wildman–Crippen LogP) is 2.36. The molecule has 2 aliphatic rings. The summed E-state index contributed by atoms with van der Waals surface area (Å²) in [5.74, 6) is 0.128. The van der Waals surface area contributed by atoms with Gasteiger partial charge in [0.05, 0.1) is 11.5 Å². The number of aromatic nitrogens is 2. The van der Waals surface area contributed by atoms with Crippen molar-refractivity contribution in [3.63, 3.8) is 0 Å². The molecule has 0 saturated heterocycles. The SMILES string of the molecule is O=C1CCCC2=C1C(c1ccc(Br)cc1)c1c([nH]c(=O)[nH]c1=O)O2. The van der Waals surface area contributed by atoms with Gasteiger partial charge < -0.3 is 4.74 Å². The zero-order chi connectivity index (χ0) is 16.8. The Hall–Kier alpha value is -2.41. The number of benzene rings is 1. The van der Waals surface area contributed by atoms with Crippen molar-refractivity contribution in [3.05, 3.63) is 72.0 Å². The fourth-order valence-corrected chi connectivity index (χ4v) is 3.60. The van der Waals surface area contributed by atoms with E-state index in [-0.39, 0.29) is 17.2 Å². The first kappa shape index (κ1) is 15.1. The smallest absolute Gasteiger partial charge is 0.328 e. The Morgan fingerprint density at radius 1 is 1.04 bits per heavy atom. The first-order valence-corrected chi connectivity index (χ1v) is 8.40. The number of rotatable bonds is 1. The standard InChI is InChI=1S/C17H13BrN2O4/c18-9-6-4-8(5-7-9)12-13-10(21)2-1-3-11(13)24-16-14(12)15(22)19-17(23)20-16/h4-7,12H,1-3H2,(H2,19,20,22,23). The Kier molecular flexibility index (Phi) is 3.53. The van der Waals surface area contributed by atoms with Crippen molar-refractivity contribution in [2.45, 2.75) is 25.2 Å². The van der Waals surface area contributed by atoms with Gasteiger partial charge in [-0.3, -0.25) is 19.6 Å². The molecule has 24 heavy (non-hydrogen) atoms. The van der Waals surface area contributed by atoms with Gasteiger partial charge in [0.25, 0.3) is 5.56 Å². The molecule has 1 unspecified atom stereocenters. The molecule has 0 saturated carbocycles. The zero-order valence-corrected chi connectivity index (χ0v) is 14.1. The molecule has 1 aromatic carbocycles. The number of halogens is 1. The molecule has 0 bridgehead atoms. The van der Waals surface area contributed by atoms with E-state index in [2.05, 4.69) is 25.9 Å². The second kappa shape index (κ2) is 5.59. The van der Waals surface area contributed by atoms with Crippen LogP contribution in [0.2, 0.25) is 0 Å². The number of ether oxygens (including phenoxy) is 1. The molecule has 1 aliphatic heterocycles. The van der Waals surface area contributed by atoms with Gasteiger partial charge in [-0.15, -0.1) is 0 Å². The lowest BCUT2D eigenvalue weighted by Gasteiger charge is -2.31. The molecule has 7 heteroatoms. The fraction of sp³-hybridized carbons (Fsp3) is 0.235. The maximum Gasteiger partial charge on any atom is 0.328 e. The van der Waals surface area contributed by atoms with Gasteiger partial charge in [0.2, 0.25) is 5.88 Å². The topological polar surface area (TPSA) is 92.0 Å². The summed E-state index contributed by atoms with van der Waals surface area (Å²) in [6.07, 6.45) is 1.75. The van der Waals surface area contributed by atoms with E-state index >= 15 is 0 Å². The van der Waals surface area contributed by atoms with Crippen LogP contribution in [0.3, 0.4) is 0 Å². The average Bonchev–Trinajstić information content (AvgIpc) is 2.54. The van der Waals surface area contributed by atoms with Gasteiger partial charge >= 0.3 is 5.69 Å². The number of hydrogen-bond donors (Lipinski definition) is 2. The highest BCUT2D eigenvalue weighted by atomic mass is 79.9. The number of carbonyl (C=O) groups is 1. The maximum atomic E-state index is 12.5. The van der Waals surface area contributed by atoms with Crippen molar-refractivity contribution >= 4 is 21.7 Å². The molecule has 2 N–H and O–H groups in total. The summed E-state index contributed by atoms with van der Waals surface area (Å²) in [5, 5.41) is 0. The molecule has 0 radical (unpaired) electrons. The fourth-order valence-electron chi connectivity index (χ4n) is 3.34. The first-order chi connectivity index (χ1) is 11.5. The second-order valence-electron chi connectivity index (χ2n) is 5.85. The third kappa shape index (κ3) is 2.36. The summed E-state index contributed by atoms with van der Waals surface area (Å²) < 4.78 is 6.62. The van der Waals surface area contributed by atoms with E-state index in [0.29, 0.717) is 30.6 Å². The Morgan fingerprint density at radius 3 is 2.54 bits per heavy atom. The second-order valence-corrected chi connectivity index (χ2v) is 6.77. The van der Waals surface area contributed by atoms with Gasteiger partial charge in [0, 0.05) is 22.9 Å². The van der Waals surface area contributed by atoms with Gasteiger partial charge in [-0.1, -0.05) is 28.1 Å². The van der Waals surface area contributed by atoms with Crippen LogP contribution in [0.25, 0.3) is 0 Å². The van der Waals surface area contributed by atoms with Crippen molar-refractivity contribution < 1.29 is 9.53 Å². The molecule has 6 nitrogen and oxygen atoms in total. The zero-order valence-electron chi connectivity index (χ0n) is 12.5. The van der Waals surface area contributed by atoms with E-state index in [1.807, 2.05) is 24.3 Å². The molecule has 0 fully saturated rings. The predicted molar refractivity (Wildman–Crippen MR) is 90.2 cm³/mol. The summed E-state index contributed by atoms with van der Waals surface area (Å²) in [6.45, 7) is 0. The van der Waals surface area contributed by atoms with Crippen molar-refractivity contribution in [2.75, 3.05) is 0 Å². The summed E-state index contributed by atoms with van der Waals surface area (Å²) >= 11 is 3.39. The maximum absolute atomic E-state index is 12.5. The largest absolute Gasteiger partial charge is 0.444 e. The molecular formula is C17H13BrN2O4. The minimum atomic E-state index is -0.625. The number of nitrogens with one attached hydrogen (secondary N) is 2. The highest BCUT2D eigenvalue weighted by Gasteiger charge is 2.38. The highest BCUT2D eigenvalue weighted by molar-refractivity contribution is 9.10. The summed E-state index contributed by atoms with van der Waals surface area (Å²) in [6, 6.07) is 7.44. The number of carbonyl (C=O) groups excluding carboxylic acids is 1. The third-order valence-electron chi connectivity index (χ3n) is 4.36. The molecule has 2 aromatic rings. The lowest BCUT2D eigenvalue weighted by atomic mass is 9.78. The van der Waals surface area contributed by atoms with Crippen molar-refractivity contribution in [1.82, 2.24) is 9.97 Å². The molecule has 2 heterocycles. The number of H-pyrrole nitrogens is 2. The number of allylic oxidation sites excluding steroid dienone is 2. The molecule has 4 rings (SSSR count). The molecule has 122 valence electrons. The van der Waals surface area contributed by atoms with Gasteiger partial charge in [-0.2, -0.15) is 0 Å². The third-order valence-corrected chi connectivity index (χ3v) is 4.89. The summed E-state index contributed by atoms with van der Waals surface area (Å²) in [5.41, 5.74) is 0.439. The Morgan fingerprint density at radius 2 is 1.79 bits per heavy atom. The first-order valence-electron chi connectivity index (χ1n) is 7.60. The minimum Gasteiger partial charge on any atom is -0.444 e. The monoisotopic (exact) mass is 388 g/mol. The van der Waals surface area contributed by atoms with Gasteiger partial charge in [0.1, 0.15) is 5.76 Å². The van der Waals surface area contributed by atoms with E-state index in [4.69, 9.17) is 4.74 Å². The van der Waals surface area contributed by atoms with Crippen LogP contribution in [0.4, 0.5) is 0 Å². The van der Waals surface area contributed by atoms with Crippen molar-refractivity contribution in [3.8, 4) is 5.88 Å². The van der Waals surface area contributed by atoms with Crippen molar-refractivity contribution in [1.29, 1.82) is 0 Å². The average molecular weight is 389 g/mol. The number of Topliss-reactive ketones (excluding diaryl/α,β-unsaturated/α-hetero) is 1. The van der Waals surface area contributed by atoms with Crippen LogP contribution >= 0.6 is 15.9 Å². The van der Waals surface area contributed by atoms with E-state index in [0.717, 1.165) is 10.0 Å². The normalized spacial score (nSPS) is 19.5. The number of fused-ring (bicyclic) bond motifs is 1. The lowest BCUT2D eigenvalue weighted by molar-refractivity contribution is -0.116. The molecule has 0 amide bonds. The van der Waals surface area contributed by atoms with Gasteiger partial charge in [-0.05, 0) is 24.1 Å². The minimum absolute atomic E-state index is 0.0135. The summed E-state index contributed by atoms with van der Waals surface area (Å²) in [7, 11) is 0. The van der Waals surface area contributed by atoms with Crippen LogP contribution < -0.4 is 16.0 Å². The molecule has 1 aliphatic carbocycles. The van der Waals surface area contributed by atoms with Crippen LogP contribution in [-0.2, 0) is 4.79 Å². The van der Waals surface area contributed by atoms with E-state index in [1.54, 1.807) is 0 Å².